The van der Waals surface area contributed by atoms with Gasteiger partial charge in [-0.25, -0.2) is 9.37 Å². The number of methoxy groups -OCH3 is 1. The van der Waals surface area contributed by atoms with Crippen LogP contribution >= 0.6 is 0 Å². The third-order valence-electron chi connectivity index (χ3n) is 3.15. The van der Waals surface area contributed by atoms with Crippen LogP contribution in [0.4, 0.5) is 4.39 Å². The molecule has 0 saturated heterocycles. The highest BCUT2D eigenvalue weighted by Gasteiger charge is 2.14. The van der Waals surface area contributed by atoms with Crippen LogP contribution in [0.5, 0.6) is 11.6 Å². The standard InChI is InChI=1S/C17H20FNO2/c1-17(2,3)13-5-6-19-16(9-13)21-11-12-7-14(18)10-15(8-12)20-4/h5-10H,11H2,1-4H3. The van der Waals surface area contributed by atoms with Crippen molar-refractivity contribution in [1.82, 2.24) is 4.98 Å². The fraction of sp³-hybridized carbons (Fsp3) is 0.353. The smallest absolute Gasteiger partial charge is 0.213 e. The second-order valence-corrected chi connectivity index (χ2v) is 5.92. The summed E-state index contributed by atoms with van der Waals surface area (Å²) in [4.78, 5) is 4.19. The van der Waals surface area contributed by atoms with Gasteiger partial charge in [-0.1, -0.05) is 20.8 Å². The lowest BCUT2D eigenvalue weighted by Gasteiger charge is -2.19. The number of hydrogen-bond donors (Lipinski definition) is 0. The molecule has 0 aliphatic heterocycles. The maximum atomic E-state index is 13.4. The molecule has 21 heavy (non-hydrogen) atoms. The Morgan fingerprint density at radius 3 is 2.57 bits per heavy atom. The van der Waals surface area contributed by atoms with Crippen LogP contribution in [-0.2, 0) is 12.0 Å². The van der Waals surface area contributed by atoms with Crippen LogP contribution in [0.2, 0.25) is 0 Å². The zero-order chi connectivity index (χ0) is 15.5. The van der Waals surface area contributed by atoms with Crippen molar-refractivity contribution in [2.45, 2.75) is 32.8 Å². The van der Waals surface area contributed by atoms with Crippen molar-refractivity contribution >= 4 is 0 Å². The van der Waals surface area contributed by atoms with E-state index in [-0.39, 0.29) is 17.8 Å². The molecule has 112 valence electrons. The Morgan fingerprint density at radius 2 is 1.90 bits per heavy atom. The lowest BCUT2D eigenvalue weighted by atomic mass is 9.88. The topological polar surface area (TPSA) is 31.4 Å². The molecule has 0 aliphatic rings. The summed E-state index contributed by atoms with van der Waals surface area (Å²) in [5.74, 6) is 0.667. The van der Waals surface area contributed by atoms with Gasteiger partial charge in [0, 0.05) is 18.3 Å². The maximum Gasteiger partial charge on any atom is 0.213 e. The number of nitrogens with zero attached hydrogens (tertiary/aromatic N) is 1. The van der Waals surface area contributed by atoms with E-state index in [2.05, 4.69) is 25.8 Å². The predicted molar refractivity (Wildman–Crippen MR) is 80.2 cm³/mol. The number of ether oxygens (including phenoxy) is 2. The van der Waals surface area contributed by atoms with E-state index in [4.69, 9.17) is 9.47 Å². The van der Waals surface area contributed by atoms with Gasteiger partial charge < -0.3 is 9.47 Å². The summed E-state index contributed by atoms with van der Waals surface area (Å²) in [5.41, 5.74) is 1.88. The largest absolute Gasteiger partial charge is 0.497 e. The Balaban J connectivity index is 2.11. The minimum atomic E-state index is -0.343. The van der Waals surface area contributed by atoms with E-state index in [1.807, 2.05) is 12.1 Å². The molecule has 0 saturated carbocycles. The summed E-state index contributed by atoms with van der Waals surface area (Å²) in [6.45, 7) is 6.63. The molecule has 0 aliphatic carbocycles. The maximum absolute atomic E-state index is 13.4. The van der Waals surface area contributed by atoms with Gasteiger partial charge in [0.2, 0.25) is 5.88 Å². The summed E-state index contributed by atoms with van der Waals surface area (Å²) in [7, 11) is 1.51. The fourth-order valence-corrected chi connectivity index (χ4v) is 1.93. The van der Waals surface area contributed by atoms with Crippen LogP contribution in [0, 0.1) is 5.82 Å². The molecule has 0 bridgehead atoms. The molecular weight excluding hydrogens is 269 g/mol. The van der Waals surface area contributed by atoms with Gasteiger partial charge in [-0.15, -0.1) is 0 Å². The second-order valence-electron chi connectivity index (χ2n) is 5.92. The van der Waals surface area contributed by atoms with Gasteiger partial charge in [-0.3, -0.25) is 0 Å². The first-order chi connectivity index (χ1) is 9.88. The molecule has 0 fully saturated rings. The first-order valence-corrected chi connectivity index (χ1v) is 6.81. The summed E-state index contributed by atoms with van der Waals surface area (Å²) in [5, 5.41) is 0. The number of hydrogen-bond acceptors (Lipinski definition) is 3. The minimum Gasteiger partial charge on any atom is -0.497 e. The summed E-state index contributed by atoms with van der Waals surface area (Å²) in [6.07, 6.45) is 1.72. The molecule has 0 atom stereocenters. The Morgan fingerprint density at radius 1 is 1.14 bits per heavy atom. The van der Waals surface area contributed by atoms with E-state index < -0.39 is 0 Å². The number of halogens is 1. The highest BCUT2D eigenvalue weighted by molar-refractivity contribution is 5.30. The Bertz CT molecular complexity index is 620. The molecule has 1 aromatic carbocycles. The summed E-state index contributed by atoms with van der Waals surface area (Å²) < 4.78 is 24.1. The zero-order valence-corrected chi connectivity index (χ0v) is 12.8. The molecule has 1 heterocycles. The van der Waals surface area contributed by atoms with Crippen molar-refractivity contribution in [3.05, 3.63) is 53.5 Å². The van der Waals surface area contributed by atoms with Crippen LogP contribution in [0.3, 0.4) is 0 Å². The first kappa shape index (κ1) is 15.3. The zero-order valence-electron chi connectivity index (χ0n) is 12.8. The fourth-order valence-electron chi connectivity index (χ4n) is 1.93. The van der Waals surface area contributed by atoms with Gasteiger partial charge in [-0.2, -0.15) is 0 Å². The third kappa shape index (κ3) is 4.18. The lowest BCUT2D eigenvalue weighted by molar-refractivity contribution is 0.291. The average molecular weight is 289 g/mol. The molecule has 0 unspecified atom stereocenters. The van der Waals surface area contributed by atoms with Crippen LogP contribution in [0.15, 0.2) is 36.5 Å². The van der Waals surface area contributed by atoms with E-state index in [1.165, 1.54) is 19.2 Å². The number of aromatic nitrogens is 1. The normalized spacial score (nSPS) is 11.3. The van der Waals surface area contributed by atoms with E-state index in [0.29, 0.717) is 17.2 Å². The van der Waals surface area contributed by atoms with Crippen LogP contribution in [0.25, 0.3) is 0 Å². The quantitative estimate of drug-likeness (QED) is 0.849. The van der Waals surface area contributed by atoms with Gasteiger partial charge in [0.15, 0.2) is 0 Å². The number of pyridine rings is 1. The Hall–Kier alpha value is -2.10. The van der Waals surface area contributed by atoms with Crippen LogP contribution in [-0.4, -0.2) is 12.1 Å². The molecule has 0 radical (unpaired) electrons. The van der Waals surface area contributed by atoms with E-state index in [9.17, 15) is 4.39 Å². The lowest BCUT2D eigenvalue weighted by Crippen LogP contribution is -2.11. The molecule has 0 N–H and O–H groups in total. The highest BCUT2D eigenvalue weighted by atomic mass is 19.1. The van der Waals surface area contributed by atoms with Crippen LogP contribution < -0.4 is 9.47 Å². The molecule has 0 spiro atoms. The number of rotatable bonds is 4. The Kier molecular flexibility index (Phi) is 4.46. The monoisotopic (exact) mass is 289 g/mol. The molecule has 2 aromatic rings. The van der Waals surface area contributed by atoms with Gasteiger partial charge in [0.05, 0.1) is 7.11 Å². The van der Waals surface area contributed by atoms with Gasteiger partial charge in [0.25, 0.3) is 0 Å². The molecule has 0 amide bonds. The van der Waals surface area contributed by atoms with Crippen molar-refractivity contribution in [2.75, 3.05) is 7.11 Å². The van der Waals surface area contributed by atoms with Crippen molar-refractivity contribution in [2.24, 2.45) is 0 Å². The molecular formula is C17H20FNO2. The molecule has 2 rings (SSSR count). The van der Waals surface area contributed by atoms with Gasteiger partial charge >= 0.3 is 0 Å². The summed E-state index contributed by atoms with van der Waals surface area (Å²) >= 11 is 0. The van der Waals surface area contributed by atoms with Gasteiger partial charge in [0.1, 0.15) is 18.2 Å². The summed E-state index contributed by atoms with van der Waals surface area (Å²) in [6, 6.07) is 8.39. The number of benzene rings is 1. The molecule has 4 heteroatoms. The Labute approximate surface area is 124 Å². The van der Waals surface area contributed by atoms with Crippen molar-refractivity contribution < 1.29 is 13.9 Å². The molecule has 1 aromatic heterocycles. The predicted octanol–water partition coefficient (Wildman–Crippen LogP) is 4.11. The second kappa shape index (κ2) is 6.12. The first-order valence-electron chi connectivity index (χ1n) is 6.81. The SMILES string of the molecule is COc1cc(F)cc(COc2cc(C(C)(C)C)ccn2)c1. The highest BCUT2D eigenvalue weighted by Crippen LogP contribution is 2.25. The van der Waals surface area contributed by atoms with E-state index in [0.717, 1.165) is 5.56 Å². The third-order valence-corrected chi connectivity index (χ3v) is 3.15. The van der Waals surface area contributed by atoms with Crippen molar-refractivity contribution in [3.63, 3.8) is 0 Å². The van der Waals surface area contributed by atoms with Crippen molar-refractivity contribution in [1.29, 1.82) is 0 Å². The average Bonchev–Trinajstić information content (AvgIpc) is 2.44. The van der Waals surface area contributed by atoms with E-state index in [1.54, 1.807) is 12.3 Å². The van der Waals surface area contributed by atoms with Crippen LogP contribution in [0.1, 0.15) is 31.9 Å². The van der Waals surface area contributed by atoms with E-state index >= 15 is 0 Å². The van der Waals surface area contributed by atoms with Crippen molar-refractivity contribution in [3.8, 4) is 11.6 Å². The molecule has 3 nitrogen and oxygen atoms in total. The van der Waals surface area contributed by atoms with Gasteiger partial charge in [-0.05, 0) is 34.7 Å². The minimum absolute atomic E-state index is 0.0309.